The number of nitrogens with zero attached hydrogens (tertiary/aromatic N) is 3. The van der Waals surface area contributed by atoms with E-state index < -0.39 is 0 Å². The van der Waals surface area contributed by atoms with Crippen molar-refractivity contribution in [3.05, 3.63) is 65.6 Å². The Morgan fingerprint density at radius 3 is 2.93 bits per heavy atom. The molecule has 2 aliphatic rings. The number of amidine groups is 1. The lowest BCUT2D eigenvalue weighted by Crippen LogP contribution is -2.36. The average molecular weight is 373 g/mol. The third-order valence-electron chi connectivity index (χ3n) is 4.97. The van der Waals surface area contributed by atoms with Crippen LogP contribution < -0.4 is 10.2 Å². The largest absolute Gasteiger partial charge is 0.378 e. The fourth-order valence-electron chi connectivity index (χ4n) is 3.52. The van der Waals surface area contributed by atoms with Crippen LogP contribution in [0.4, 0.5) is 5.69 Å². The van der Waals surface area contributed by atoms with Gasteiger partial charge in [0.2, 0.25) is 0 Å². The zero-order chi connectivity index (χ0) is 18.9. The average Bonchev–Trinajstić information content (AvgIpc) is 3.33. The summed E-state index contributed by atoms with van der Waals surface area (Å²) in [5, 5.41) is 3.84. The lowest BCUT2D eigenvalue weighted by Gasteiger charge is -2.29. The van der Waals surface area contributed by atoms with E-state index >= 15 is 0 Å². The van der Waals surface area contributed by atoms with E-state index in [0.717, 1.165) is 54.2 Å². The number of hydrogen-bond acceptors (Lipinski definition) is 5. The maximum absolute atomic E-state index is 12.5. The molecule has 3 aromatic rings. The number of aromatic amines is 1. The van der Waals surface area contributed by atoms with Crippen molar-refractivity contribution in [2.75, 3.05) is 31.2 Å². The molecule has 7 heteroatoms. The molecular weight excluding hydrogens is 354 g/mol. The van der Waals surface area contributed by atoms with Gasteiger partial charge in [-0.05, 0) is 30.3 Å². The number of amides is 1. The predicted octanol–water partition coefficient (Wildman–Crippen LogP) is 2.32. The number of aliphatic imine (C=N–C) groups is 1. The third-order valence-corrected chi connectivity index (χ3v) is 4.97. The van der Waals surface area contributed by atoms with Crippen LogP contribution in [0, 0.1) is 0 Å². The zero-order valence-corrected chi connectivity index (χ0v) is 15.2. The highest BCUT2D eigenvalue weighted by Gasteiger charge is 2.22. The van der Waals surface area contributed by atoms with E-state index in [1.807, 2.05) is 30.5 Å². The molecule has 2 N–H and O–H groups in total. The lowest BCUT2D eigenvalue weighted by molar-refractivity contribution is -0.115. The molecule has 1 aromatic carbocycles. The van der Waals surface area contributed by atoms with Gasteiger partial charge in [0.15, 0.2) is 0 Å². The number of aromatic nitrogens is 2. The SMILES string of the molecule is O=C1NC(c2cccc(N3CCOCC3)c2)=N/C1=C\c1c[nH]c2ncccc12. The fourth-order valence-corrected chi connectivity index (χ4v) is 3.52. The normalized spacial score (nSPS) is 18.6. The predicted molar refractivity (Wildman–Crippen MR) is 108 cm³/mol. The van der Waals surface area contributed by atoms with Crippen LogP contribution in [0.25, 0.3) is 17.1 Å². The number of pyridine rings is 1. The minimum absolute atomic E-state index is 0.204. The number of hydrogen-bond donors (Lipinski definition) is 2. The van der Waals surface area contributed by atoms with Gasteiger partial charge in [0.1, 0.15) is 17.2 Å². The second-order valence-electron chi connectivity index (χ2n) is 6.74. The topological polar surface area (TPSA) is 82.6 Å². The highest BCUT2D eigenvalue weighted by molar-refractivity contribution is 6.20. The minimum atomic E-state index is -0.204. The van der Waals surface area contributed by atoms with Crippen molar-refractivity contribution >= 4 is 34.5 Å². The van der Waals surface area contributed by atoms with Gasteiger partial charge in [-0.2, -0.15) is 0 Å². The molecule has 2 aliphatic heterocycles. The van der Waals surface area contributed by atoms with Gasteiger partial charge in [-0.1, -0.05) is 12.1 Å². The van der Waals surface area contributed by atoms with Gasteiger partial charge >= 0.3 is 0 Å². The smallest absolute Gasteiger partial charge is 0.275 e. The van der Waals surface area contributed by atoms with Crippen molar-refractivity contribution in [2.45, 2.75) is 0 Å². The zero-order valence-electron chi connectivity index (χ0n) is 15.2. The Bertz CT molecular complexity index is 1110. The maximum atomic E-state index is 12.5. The minimum Gasteiger partial charge on any atom is -0.378 e. The van der Waals surface area contributed by atoms with Crippen LogP contribution in [-0.2, 0) is 9.53 Å². The summed E-state index contributed by atoms with van der Waals surface area (Å²) >= 11 is 0. The Labute approximate surface area is 161 Å². The lowest BCUT2D eigenvalue weighted by atomic mass is 10.1. The summed E-state index contributed by atoms with van der Waals surface area (Å²) in [6.07, 6.45) is 5.36. The standard InChI is InChI=1S/C21H19N5O2/c27-21-18(12-15-13-23-20-17(15)5-2-6-22-20)24-19(25-21)14-3-1-4-16(11-14)26-7-9-28-10-8-26/h1-6,11-13H,7-10H2,(H,22,23)(H,24,25,27)/b18-12-. The molecule has 4 heterocycles. The molecule has 0 atom stereocenters. The molecular formula is C21H19N5O2. The Hall–Kier alpha value is -3.45. The highest BCUT2D eigenvalue weighted by atomic mass is 16.5. The Morgan fingerprint density at radius 2 is 2.04 bits per heavy atom. The van der Waals surface area contributed by atoms with Crippen molar-refractivity contribution in [3.8, 4) is 0 Å². The van der Waals surface area contributed by atoms with Crippen molar-refractivity contribution in [1.82, 2.24) is 15.3 Å². The molecule has 1 amide bonds. The first-order valence-corrected chi connectivity index (χ1v) is 9.25. The van der Waals surface area contributed by atoms with Crippen molar-refractivity contribution in [2.24, 2.45) is 4.99 Å². The maximum Gasteiger partial charge on any atom is 0.275 e. The monoisotopic (exact) mass is 373 g/mol. The van der Waals surface area contributed by atoms with Crippen molar-refractivity contribution in [3.63, 3.8) is 0 Å². The molecule has 28 heavy (non-hydrogen) atoms. The van der Waals surface area contributed by atoms with Crippen LogP contribution in [0.2, 0.25) is 0 Å². The quantitative estimate of drug-likeness (QED) is 0.691. The second-order valence-corrected chi connectivity index (χ2v) is 6.74. The molecule has 5 rings (SSSR count). The van der Waals surface area contributed by atoms with Crippen molar-refractivity contribution < 1.29 is 9.53 Å². The molecule has 0 radical (unpaired) electrons. The number of benzene rings is 1. The molecule has 1 saturated heterocycles. The number of anilines is 1. The van der Waals surface area contributed by atoms with E-state index in [1.165, 1.54) is 0 Å². The Morgan fingerprint density at radius 1 is 1.14 bits per heavy atom. The summed E-state index contributed by atoms with van der Waals surface area (Å²) in [7, 11) is 0. The molecule has 0 aliphatic carbocycles. The van der Waals surface area contributed by atoms with Crippen LogP contribution >= 0.6 is 0 Å². The number of nitrogens with one attached hydrogen (secondary N) is 2. The molecule has 1 fully saturated rings. The molecule has 140 valence electrons. The van der Waals surface area contributed by atoms with Crippen molar-refractivity contribution in [1.29, 1.82) is 0 Å². The van der Waals surface area contributed by atoms with Gasteiger partial charge in [-0.3, -0.25) is 4.79 Å². The number of carbonyl (C=O) groups is 1. The van der Waals surface area contributed by atoms with Gasteiger partial charge in [0.25, 0.3) is 5.91 Å². The van der Waals surface area contributed by atoms with E-state index in [1.54, 1.807) is 12.3 Å². The second kappa shape index (κ2) is 6.94. The van der Waals surface area contributed by atoms with Crippen LogP contribution in [0.3, 0.4) is 0 Å². The summed E-state index contributed by atoms with van der Waals surface area (Å²) in [4.78, 5) is 26.7. The number of fused-ring (bicyclic) bond motifs is 1. The Kier molecular flexibility index (Phi) is 4.14. The first kappa shape index (κ1) is 16.7. The summed E-state index contributed by atoms with van der Waals surface area (Å²) in [6, 6.07) is 11.9. The first-order chi connectivity index (χ1) is 13.8. The molecule has 2 aromatic heterocycles. The van der Waals surface area contributed by atoms with Gasteiger partial charge in [-0.25, -0.2) is 9.98 Å². The van der Waals surface area contributed by atoms with Crippen LogP contribution in [0.15, 0.2) is 59.5 Å². The van der Waals surface area contributed by atoms with E-state index in [4.69, 9.17) is 4.74 Å². The number of carbonyl (C=O) groups excluding carboxylic acids is 1. The molecule has 0 spiro atoms. The summed E-state index contributed by atoms with van der Waals surface area (Å²) in [5.41, 5.74) is 4.06. The Balaban J connectivity index is 1.46. The first-order valence-electron chi connectivity index (χ1n) is 9.25. The van der Waals surface area contributed by atoms with Gasteiger partial charge in [0, 0.05) is 47.7 Å². The molecule has 0 saturated carbocycles. The van der Waals surface area contributed by atoms with E-state index in [9.17, 15) is 4.79 Å². The van der Waals surface area contributed by atoms with E-state index in [0.29, 0.717) is 11.5 Å². The fraction of sp³-hybridized carbons (Fsp3) is 0.190. The summed E-state index contributed by atoms with van der Waals surface area (Å²) in [5.74, 6) is 0.370. The van der Waals surface area contributed by atoms with Gasteiger partial charge in [0.05, 0.1) is 13.2 Å². The number of ether oxygens (including phenoxy) is 1. The van der Waals surface area contributed by atoms with Gasteiger partial charge < -0.3 is 19.9 Å². The number of morpholine rings is 1. The summed E-state index contributed by atoms with van der Waals surface area (Å²) in [6.45, 7) is 3.19. The van der Waals surface area contributed by atoms with Crippen LogP contribution in [0.5, 0.6) is 0 Å². The van der Waals surface area contributed by atoms with Gasteiger partial charge in [-0.15, -0.1) is 0 Å². The number of H-pyrrole nitrogens is 1. The summed E-state index contributed by atoms with van der Waals surface area (Å²) < 4.78 is 5.42. The van der Waals surface area contributed by atoms with Crippen LogP contribution in [0.1, 0.15) is 11.1 Å². The highest BCUT2D eigenvalue weighted by Crippen LogP contribution is 2.23. The molecule has 0 unspecified atom stereocenters. The van der Waals surface area contributed by atoms with Crippen LogP contribution in [-0.4, -0.2) is 48.0 Å². The third kappa shape index (κ3) is 3.05. The molecule has 0 bridgehead atoms. The molecule has 7 nitrogen and oxygen atoms in total. The van der Waals surface area contributed by atoms with E-state index in [2.05, 4.69) is 37.3 Å². The number of rotatable bonds is 3. The van der Waals surface area contributed by atoms with E-state index in [-0.39, 0.29) is 5.91 Å².